The Hall–Kier alpha value is -1.06. The second kappa shape index (κ2) is 4.21. The minimum absolute atomic E-state index is 0.00351. The molecule has 4 heteroatoms. The predicted octanol–water partition coefficient (Wildman–Crippen LogP) is 1.40. The van der Waals surface area contributed by atoms with E-state index in [1.807, 2.05) is 20.8 Å². The van der Waals surface area contributed by atoms with Crippen molar-refractivity contribution in [3.8, 4) is 0 Å². The Kier molecular flexibility index (Phi) is 3.37. The molecule has 2 N–H and O–H groups in total. The van der Waals surface area contributed by atoms with Crippen molar-refractivity contribution in [2.24, 2.45) is 11.3 Å². The molecule has 0 aliphatic heterocycles. The number of carboxylic acid groups (broad SMARTS) is 1. The normalized spacial score (nSPS) is 24.3. The molecular formula is C11H19NO3. The van der Waals surface area contributed by atoms with Crippen LogP contribution < -0.4 is 5.32 Å². The molecule has 15 heavy (non-hydrogen) atoms. The largest absolute Gasteiger partial charge is 0.480 e. The summed E-state index contributed by atoms with van der Waals surface area (Å²) in [6.07, 6.45) is 2.11. The molecule has 1 fully saturated rings. The Bertz CT molecular complexity index is 273. The van der Waals surface area contributed by atoms with Crippen LogP contribution in [0, 0.1) is 11.3 Å². The summed E-state index contributed by atoms with van der Waals surface area (Å²) in [4.78, 5) is 22.5. The lowest BCUT2D eigenvalue weighted by atomic mass is 10.1. The maximum atomic E-state index is 11.6. The number of carbonyl (C=O) groups is 2. The molecule has 1 amide bonds. The summed E-state index contributed by atoms with van der Waals surface area (Å²) in [5.74, 6) is -1.05. The fourth-order valence-electron chi connectivity index (χ4n) is 1.73. The molecule has 1 saturated carbocycles. The SMILES string of the molecule is CCCC(NC(=O)[C@H]1CC1(C)C)C(=O)O. The Labute approximate surface area is 90.0 Å². The minimum atomic E-state index is -0.941. The van der Waals surface area contributed by atoms with E-state index in [0.717, 1.165) is 12.8 Å². The first-order chi connectivity index (χ1) is 6.88. The number of carboxylic acids is 1. The molecule has 1 unspecified atom stereocenters. The molecule has 1 aliphatic carbocycles. The molecule has 1 rings (SSSR count). The summed E-state index contributed by atoms with van der Waals surface area (Å²) in [5.41, 5.74) is 0.0549. The van der Waals surface area contributed by atoms with E-state index in [2.05, 4.69) is 5.32 Å². The lowest BCUT2D eigenvalue weighted by Gasteiger charge is -2.14. The first-order valence-corrected chi connectivity index (χ1v) is 5.41. The Morgan fingerprint density at radius 1 is 1.53 bits per heavy atom. The van der Waals surface area contributed by atoms with Crippen LogP contribution in [0.25, 0.3) is 0 Å². The van der Waals surface area contributed by atoms with Gasteiger partial charge >= 0.3 is 5.97 Å². The van der Waals surface area contributed by atoms with Crippen molar-refractivity contribution in [1.82, 2.24) is 5.32 Å². The first-order valence-electron chi connectivity index (χ1n) is 5.41. The van der Waals surface area contributed by atoms with Gasteiger partial charge in [-0.05, 0) is 18.3 Å². The maximum Gasteiger partial charge on any atom is 0.326 e. The zero-order valence-corrected chi connectivity index (χ0v) is 9.54. The Morgan fingerprint density at radius 3 is 2.40 bits per heavy atom. The highest BCUT2D eigenvalue weighted by atomic mass is 16.4. The molecule has 1 aliphatic rings. The van der Waals surface area contributed by atoms with E-state index in [9.17, 15) is 9.59 Å². The number of carbonyl (C=O) groups excluding carboxylic acids is 1. The van der Waals surface area contributed by atoms with Gasteiger partial charge in [-0.25, -0.2) is 4.79 Å². The van der Waals surface area contributed by atoms with Crippen molar-refractivity contribution in [3.63, 3.8) is 0 Å². The molecule has 0 spiro atoms. The van der Waals surface area contributed by atoms with Gasteiger partial charge in [0, 0.05) is 5.92 Å². The predicted molar refractivity (Wildman–Crippen MR) is 56.4 cm³/mol. The molecule has 0 saturated heterocycles. The van der Waals surface area contributed by atoms with Crippen molar-refractivity contribution in [2.75, 3.05) is 0 Å². The van der Waals surface area contributed by atoms with Crippen LogP contribution in [0.3, 0.4) is 0 Å². The number of nitrogens with one attached hydrogen (secondary N) is 1. The van der Waals surface area contributed by atoms with Crippen LogP contribution in [-0.4, -0.2) is 23.0 Å². The van der Waals surface area contributed by atoms with E-state index in [1.54, 1.807) is 0 Å². The third-order valence-corrected chi connectivity index (χ3v) is 3.02. The number of hydrogen-bond acceptors (Lipinski definition) is 2. The van der Waals surface area contributed by atoms with Crippen molar-refractivity contribution in [3.05, 3.63) is 0 Å². The molecule has 2 atom stereocenters. The van der Waals surface area contributed by atoms with Gasteiger partial charge in [-0.1, -0.05) is 27.2 Å². The number of hydrogen-bond donors (Lipinski definition) is 2. The summed E-state index contributed by atoms with van der Waals surface area (Å²) < 4.78 is 0. The van der Waals surface area contributed by atoms with Gasteiger partial charge in [0.2, 0.25) is 5.91 Å². The van der Waals surface area contributed by atoms with Gasteiger partial charge in [0.1, 0.15) is 6.04 Å². The second-order valence-corrected chi connectivity index (χ2v) is 4.93. The third-order valence-electron chi connectivity index (χ3n) is 3.02. The molecule has 0 radical (unpaired) electrons. The van der Waals surface area contributed by atoms with Gasteiger partial charge < -0.3 is 10.4 Å². The first kappa shape index (κ1) is 12.0. The fraction of sp³-hybridized carbons (Fsp3) is 0.818. The van der Waals surface area contributed by atoms with Crippen LogP contribution in [0.15, 0.2) is 0 Å². The van der Waals surface area contributed by atoms with E-state index in [-0.39, 0.29) is 17.2 Å². The van der Waals surface area contributed by atoms with E-state index < -0.39 is 12.0 Å². The van der Waals surface area contributed by atoms with E-state index in [4.69, 9.17) is 5.11 Å². The van der Waals surface area contributed by atoms with Crippen LogP contribution in [0.4, 0.5) is 0 Å². The smallest absolute Gasteiger partial charge is 0.326 e. The van der Waals surface area contributed by atoms with Crippen LogP contribution in [0.1, 0.15) is 40.0 Å². The number of amides is 1. The van der Waals surface area contributed by atoms with E-state index >= 15 is 0 Å². The summed E-state index contributed by atoms with van der Waals surface area (Å²) in [7, 11) is 0. The fourth-order valence-corrected chi connectivity index (χ4v) is 1.73. The Morgan fingerprint density at radius 2 is 2.07 bits per heavy atom. The standard InChI is InChI=1S/C11H19NO3/c1-4-5-8(10(14)15)12-9(13)7-6-11(7,2)3/h7-8H,4-6H2,1-3H3,(H,12,13)(H,14,15)/t7-,8?/m1/s1. The third kappa shape index (κ3) is 2.94. The summed E-state index contributed by atoms with van der Waals surface area (Å²) in [6, 6.07) is -0.723. The highest BCUT2D eigenvalue weighted by Gasteiger charge is 2.51. The average molecular weight is 213 g/mol. The molecule has 4 nitrogen and oxygen atoms in total. The van der Waals surface area contributed by atoms with Crippen LogP contribution in [0.2, 0.25) is 0 Å². The molecular weight excluding hydrogens is 194 g/mol. The van der Waals surface area contributed by atoms with E-state index in [1.165, 1.54) is 0 Å². The van der Waals surface area contributed by atoms with Gasteiger partial charge in [0.25, 0.3) is 0 Å². The molecule has 0 aromatic heterocycles. The van der Waals surface area contributed by atoms with Crippen molar-refractivity contribution in [1.29, 1.82) is 0 Å². The van der Waals surface area contributed by atoms with Gasteiger partial charge in [-0.2, -0.15) is 0 Å². The minimum Gasteiger partial charge on any atom is -0.480 e. The number of rotatable bonds is 5. The summed E-state index contributed by atoms with van der Waals surface area (Å²) in [5, 5.41) is 11.5. The zero-order valence-electron chi connectivity index (χ0n) is 9.54. The van der Waals surface area contributed by atoms with Gasteiger partial charge in [0.05, 0.1) is 0 Å². The van der Waals surface area contributed by atoms with Crippen LogP contribution in [-0.2, 0) is 9.59 Å². The molecule has 0 aromatic carbocycles. The molecule has 0 heterocycles. The van der Waals surface area contributed by atoms with Gasteiger partial charge in [0.15, 0.2) is 0 Å². The maximum absolute atomic E-state index is 11.6. The van der Waals surface area contributed by atoms with Crippen molar-refractivity contribution >= 4 is 11.9 Å². The molecule has 0 aromatic rings. The van der Waals surface area contributed by atoms with Gasteiger partial charge in [-0.15, -0.1) is 0 Å². The van der Waals surface area contributed by atoms with Crippen LogP contribution in [0.5, 0.6) is 0 Å². The van der Waals surface area contributed by atoms with Crippen molar-refractivity contribution in [2.45, 2.75) is 46.1 Å². The average Bonchev–Trinajstić information content (AvgIpc) is 2.74. The molecule has 0 bridgehead atoms. The Balaban J connectivity index is 2.45. The van der Waals surface area contributed by atoms with E-state index in [0.29, 0.717) is 6.42 Å². The quantitative estimate of drug-likeness (QED) is 0.725. The lowest BCUT2D eigenvalue weighted by molar-refractivity contribution is -0.142. The summed E-state index contributed by atoms with van der Waals surface area (Å²) >= 11 is 0. The lowest BCUT2D eigenvalue weighted by Crippen LogP contribution is -2.41. The van der Waals surface area contributed by atoms with Crippen LogP contribution >= 0.6 is 0 Å². The number of aliphatic carboxylic acids is 1. The highest BCUT2D eigenvalue weighted by Crippen LogP contribution is 2.51. The zero-order chi connectivity index (χ0) is 11.6. The second-order valence-electron chi connectivity index (χ2n) is 4.93. The summed E-state index contributed by atoms with van der Waals surface area (Å²) in [6.45, 7) is 5.95. The monoisotopic (exact) mass is 213 g/mol. The highest BCUT2D eigenvalue weighted by molar-refractivity contribution is 5.87. The topological polar surface area (TPSA) is 66.4 Å². The van der Waals surface area contributed by atoms with Crippen molar-refractivity contribution < 1.29 is 14.7 Å². The molecule has 86 valence electrons. The van der Waals surface area contributed by atoms with Gasteiger partial charge in [-0.3, -0.25) is 4.79 Å².